The van der Waals surface area contributed by atoms with Crippen LogP contribution in [-0.4, -0.2) is 0 Å². The number of rotatable bonds is 2. The van der Waals surface area contributed by atoms with Crippen molar-refractivity contribution in [2.45, 2.75) is 38.1 Å². The summed E-state index contributed by atoms with van der Waals surface area (Å²) in [5, 5.41) is 5.08. The highest BCUT2D eigenvalue weighted by atomic mass is 35.5. The van der Waals surface area contributed by atoms with E-state index in [2.05, 4.69) is 55.6 Å². The first-order valence-corrected chi connectivity index (χ1v) is 9.33. The Morgan fingerprint density at radius 1 is 1.08 bits per heavy atom. The number of anilines is 1. The van der Waals surface area contributed by atoms with Gasteiger partial charge in [0.15, 0.2) is 0 Å². The number of allylic oxidation sites excluding steroid dienone is 2. The van der Waals surface area contributed by atoms with E-state index in [4.69, 9.17) is 23.2 Å². The van der Waals surface area contributed by atoms with Crippen molar-refractivity contribution < 1.29 is 0 Å². The molecular weight excluding hydrogens is 337 g/mol. The van der Waals surface area contributed by atoms with E-state index in [-0.39, 0.29) is 6.04 Å². The molecule has 1 aliphatic heterocycles. The maximum absolute atomic E-state index is 6.28. The Labute approximate surface area is 153 Å². The average molecular weight is 358 g/mol. The zero-order chi connectivity index (χ0) is 16.8. The van der Waals surface area contributed by atoms with Crippen molar-refractivity contribution in [2.75, 3.05) is 5.32 Å². The van der Waals surface area contributed by atoms with E-state index in [0.29, 0.717) is 27.8 Å². The Kier molecular flexibility index (Phi) is 4.10. The van der Waals surface area contributed by atoms with Gasteiger partial charge >= 0.3 is 0 Å². The molecule has 0 spiro atoms. The molecule has 0 aromatic heterocycles. The van der Waals surface area contributed by atoms with Gasteiger partial charge in [-0.1, -0.05) is 73.5 Å². The van der Waals surface area contributed by atoms with E-state index in [1.165, 1.54) is 22.4 Å². The molecule has 4 rings (SSSR count). The highest BCUT2D eigenvalue weighted by Gasteiger charge is 2.38. The zero-order valence-electron chi connectivity index (χ0n) is 13.9. The van der Waals surface area contributed by atoms with Gasteiger partial charge in [-0.15, -0.1) is 0 Å². The van der Waals surface area contributed by atoms with Crippen LogP contribution in [0.2, 0.25) is 10.0 Å². The second kappa shape index (κ2) is 6.13. The summed E-state index contributed by atoms with van der Waals surface area (Å²) in [7, 11) is 0. The minimum Gasteiger partial charge on any atom is -0.377 e. The number of hydrogen-bond donors (Lipinski definition) is 1. The molecule has 124 valence electrons. The largest absolute Gasteiger partial charge is 0.377 e. The molecule has 0 unspecified atom stereocenters. The molecule has 0 saturated carbocycles. The minimum absolute atomic E-state index is 0.257. The lowest BCUT2D eigenvalue weighted by Gasteiger charge is -2.39. The Bertz CT molecular complexity index is 809. The average Bonchev–Trinajstić information content (AvgIpc) is 3.06. The van der Waals surface area contributed by atoms with Crippen LogP contribution in [0.25, 0.3) is 0 Å². The molecule has 2 aromatic carbocycles. The summed E-state index contributed by atoms with van der Waals surface area (Å²) in [5.74, 6) is 1.49. The normalized spacial score (nSPS) is 24.6. The van der Waals surface area contributed by atoms with Crippen molar-refractivity contribution >= 4 is 28.9 Å². The topological polar surface area (TPSA) is 12.0 Å². The van der Waals surface area contributed by atoms with Crippen LogP contribution >= 0.6 is 23.2 Å². The second-order valence-electron chi connectivity index (χ2n) is 7.12. The zero-order valence-corrected chi connectivity index (χ0v) is 15.4. The predicted molar refractivity (Wildman–Crippen MR) is 103 cm³/mol. The molecule has 3 heteroatoms. The van der Waals surface area contributed by atoms with Crippen molar-refractivity contribution in [2.24, 2.45) is 5.92 Å². The van der Waals surface area contributed by atoms with E-state index in [9.17, 15) is 0 Å². The van der Waals surface area contributed by atoms with Gasteiger partial charge in [0.1, 0.15) is 0 Å². The Hall–Kier alpha value is -1.44. The summed E-state index contributed by atoms with van der Waals surface area (Å²) >= 11 is 12.4. The van der Waals surface area contributed by atoms with Crippen LogP contribution in [0.15, 0.2) is 48.6 Å². The number of hydrogen-bond acceptors (Lipinski definition) is 1. The first kappa shape index (κ1) is 16.1. The number of para-hydroxylation sites is 1. The third-order valence-corrected chi connectivity index (χ3v) is 6.09. The van der Waals surface area contributed by atoms with E-state index in [0.717, 1.165) is 6.42 Å². The molecule has 3 atom stereocenters. The van der Waals surface area contributed by atoms with Gasteiger partial charge in [-0.3, -0.25) is 0 Å². The van der Waals surface area contributed by atoms with E-state index < -0.39 is 0 Å². The van der Waals surface area contributed by atoms with Gasteiger partial charge in [-0.2, -0.15) is 0 Å². The Morgan fingerprint density at radius 3 is 2.67 bits per heavy atom. The number of nitrogens with one attached hydrogen (secondary N) is 1. The van der Waals surface area contributed by atoms with Crippen LogP contribution < -0.4 is 5.32 Å². The highest BCUT2D eigenvalue weighted by Crippen LogP contribution is 2.51. The molecule has 0 fully saturated rings. The lowest BCUT2D eigenvalue weighted by atomic mass is 9.75. The van der Waals surface area contributed by atoms with Crippen LogP contribution in [0.4, 0.5) is 5.69 Å². The predicted octanol–water partition coefficient (Wildman–Crippen LogP) is 6.94. The summed E-state index contributed by atoms with van der Waals surface area (Å²) in [5.41, 5.74) is 5.33. The van der Waals surface area contributed by atoms with Gasteiger partial charge in [-0.05, 0) is 47.1 Å². The molecular formula is C21H21Cl2N. The van der Waals surface area contributed by atoms with Crippen LogP contribution in [0, 0.1) is 5.92 Å². The molecule has 1 nitrogen and oxygen atoms in total. The van der Waals surface area contributed by atoms with Crippen molar-refractivity contribution in [3.05, 3.63) is 75.3 Å². The van der Waals surface area contributed by atoms with Gasteiger partial charge in [0.25, 0.3) is 0 Å². The first-order valence-electron chi connectivity index (χ1n) is 8.57. The molecule has 0 bridgehead atoms. The molecule has 1 aliphatic carbocycles. The minimum atomic E-state index is 0.257. The molecule has 24 heavy (non-hydrogen) atoms. The van der Waals surface area contributed by atoms with E-state index >= 15 is 0 Å². The van der Waals surface area contributed by atoms with Gasteiger partial charge in [-0.25, -0.2) is 0 Å². The summed E-state index contributed by atoms with van der Waals surface area (Å²) in [6, 6.07) is 13.0. The second-order valence-corrected chi connectivity index (χ2v) is 7.93. The van der Waals surface area contributed by atoms with Crippen LogP contribution in [0.1, 0.15) is 54.8 Å². The molecule has 2 aliphatic rings. The van der Waals surface area contributed by atoms with Gasteiger partial charge in [0, 0.05) is 11.6 Å². The standard InChI is InChI=1S/C21H21Cl2N/c1-12(2)14-5-3-8-17-15-6-4-7-16(15)20(24-21(14)17)13-9-10-18(22)19(23)11-13/h3-6,8-12,15-16,20,24H,7H2,1-2H3/t15-,16+,20+/m0/s1. The lowest BCUT2D eigenvalue weighted by molar-refractivity contribution is 0.424. The van der Waals surface area contributed by atoms with Crippen molar-refractivity contribution in [3.8, 4) is 0 Å². The van der Waals surface area contributed by atoms with Crippen molar-refractivity contribution in [3.63, 3.8) is 0 Å². The highest BCUT2D eigenvalue weighted by molar-refractivity contribution is 6.42. The van der Waals surface area contributed by atoms with E-state index in [1.807, 2.05) is 12.1 Å². The van der Waals surface area contributed by atoms with Gasteiger partial charge < -0.3 is 5.32 Å². The van der Waals surface area contributed by atoms with Crippen molar-refractivity contribution in [1.29, 1.82) is 0 Å². The summed E-state index contributed by atoms with van der Waals surface area (Å²) < 4.78 is 0. The number of fused-ring (bicyclic) bond motifs is 3. The summed E-state index contributed by atoms with van der Waals surface area (Å²) in [6.07, 6.45) is 5.78. The SMILES string of the molecule is CC(C)c1cccc2c1N[C@H](c1ccc(Cl)c(Cl)c1)[C@@H]1CC=C[C@H]21. The third kappa shape index (κ3) is 2.55. The first-order chi connectivity index (χ1) is 11.6. The molecule has 0 saturated heterocycles. The quantitative estimate of drug-likeness (QED) is 0.573. The molecule has 1 N–H and O–H groups in total. The number of benzene rings is 2. The summed E-state index contributed by atoms with van der Waals surface area (Å²) in [6.45, 7) is 4.50. The van der Waals surface area contributed by atoms with Crippen LogP contribution in [0.3, 0.4) is 0 Å². The fourth-order valence-corrected chi connectivity index (χ4v) is 4.47. The monoisotopic (exact) mass is 357 g/mol. The van der Waals surface area contributed by atoms with Crippen LogP contribution in [0.5, 0.6) is 0 Å². The number of halogens is 2. The Balaban J connectivity index is 1.83. The van der Waals surface area contributed by atoms with E-state index in [1.54, 1.807) is 0 Å². The molecule has 2 aromatic rings. The smallest absolute Gasteiger partial charge is 0.0595 e. The fourth-order valence-electron chi connectivity index (χ4n) is 4.16. The lowest BCUT2D eigenvalue weighted by Crippen LogP contribution is -2.30. The molecule has 1 heterocycles. The maximum atomic E-state index is 6.28. The van der Waals surface area contributed by atoms with Crippen molar-refractivity contribution in [1.82, 2.24) is 0 Å². The fraction of sp³-hybridized carbons (Fsp3) is 0.333. The molecule has 0 radical (unpaired) electrons. The van der Waals surface area contributed by atoms with Crippen LogP contribution in [-0.2, 0) is 0 Å². The summed E-state index contributed by atoms with van der Waals surface area (Å²) in [4.78, 5) is 0. The maximum Gasteiger partial charge on any atom is 0.0595 e. The Morgan fingerprint density at radius 2 is 1.92 bits per heavy atom. The van der Waals surface area contributed by atoms with Gasteiger partial charge in [0.05, 0.1) is 16.1 Å². The van der Waals surface area contributed by atoms with Gasteiger partial charge in [0.2, 0.25) is 0 Å². The third-order valence-electron chi connectivity index (χ3n) is 5.35. The molecule has 0 amide bonds.